The number of benzene rings is 1. The van der Waals surface area contributed by atoms with E-state index in [9.17, 15) is 0 Å². The second-order valence-corrected chi connectivity index (χ2v) is 4.87. The summed E-state index contributed by atoms with van der Waals surface area (Å²) in [7, 11) is 0. The molecule has 1 aromatic carbocycles. The Hall–Kier alpha value is -1.64. The van der Waals surface area contributed by atoms with Gasteiger partial charge in [0.1, 0.15) is 5.82 Å². The highest BCUT2D eigenvalue weighted by Crippen LogP contribution is 2.46. The van der Waals surface area contributed by atoms with Crippen molar-refractivity contribution in [2.75, 3.05) is 0 Å². The first-order chi connectivity index (χ1) is 7.92. The molecule has 16 heavy (non-hydrogen) atoms. The SMILES string of the molecule is c1ccc(-c2nnc3n2C2CC(C3)C2)cc1. The fourth-order valence-electron chi connectivity index (χ4n) is 2.97. The molecule has 1 saturated carbocycles. The van der Waals surface area contributed by atoms with Crippen LogP contribution in [0.5, 0.6) is 0 Å². The third-order valence-corrected chi connectivity index (χ3v) is 3.85. The molecule has 0 spiro atoms. The van der Waals surface area contributed by atoms with Gasteiger partial charge in [-0.3, -0.25) is 0 Å². The van der Waals surface area contributed by atoms with E-state index in [1.54, 1.807) is 0 Å². The molecule has 1 aliphatic carbocycles. The van der Waals surface area contributed by atoms with Crippen LogP contribution in [0.4, 0.5) is 0 Å². The van der Waals surface area contributed by atoms with Gasteiger partial charge in [0.2, 0.25) is 0 Å². The molecule has 0 N–H and O–H groups in total. The summed E-state index contributed by atoms with van der Waals surface area (Å²) in [5, 5.41) is 8.68. The van der Waals surface area contributed by atoms with Gasteiger partial charge in [-0.25, -0.2) is 0 Å². The quantitative estimate of drug-likeness (QED) is 0.725. The maximum absolute atomic E-state index is 4.36. The van der Waals surface area contributed by atoms with Gasteiger partial charge in [0.15, 0.2) is 5.82 Å². The Balaban J connectivity index is 1.88. The van der Waals surface area contributed by atoms with Crippen LogP contribution in [0.15, 0.2) is 30.3 Å². The van der Waals surface area contributed by atoms with Crippen molar-refractivity contribution in [2.24, 2.45) is 5.92 Å². The molecule has 3 heteroatoms. The first-order valence-electron chi connectivity index (χ1n) is 5.91. The van der Waals surface area contributed by atoms with Crippen molar-refractivity contribution in [1.82, 2.24) is 14.8 Å². The first-order valence-corrected chi connectivity index (χ1v) is 5.91. The minimum absolute atomic E-state index is 0.666. The van der Waals surface area contributed by atoms with Crippen LogP contribution in [-0.4, -0.2) is 14.8 Å². The van der Waals surface area contributed by atoms with Crippen LogP contribution < -0.4 is 0 Å². The third kappa shape index (κ3) is 1.03. The van der Waals surface area contributed by atoms with E-state index in [4.69, 9.17) is 0 Å². The van der Waals surface area contributed by atoms with Crippen LogP contribution in [0, 0.1) is 5.92 Å². The summed E-state index contributed by atoms with van der Waals surface area (Å²) in [6.07, 6.45) is 3.77. The molecule has 5 rings (SSSR count). The standard InChI is InChI=1S/C13H13N3/c1-2-4-10(5-3-1)13-15-14-12-8-9-6-11(7-9)16(12)13/h1-5,9,11H,6-8H2. The average molecular weight is 211 g/mol. The number of hydrogen-bond donors (Lipinski definition) is 0. The normalized spacial score (nSPS) is 26.0. The molecule has 0 radical (unpaired) electrons. The molecule has 80 valence electrons. The van der Waals surface area contributed by atoms with Gasteiger partial charge in [0, 0.05) is 18.0 Å². The maximum atomic E-state index is 4.36. The Morgan fingerprint density at radius 3 is 2.69 bits per heavy atom. The van der Waals surface area contributed by atoms with E-state index in [0.29, 0.717) is 6.04 Å². The summed E-state index contributed by atoms with van der Waals surface area (Å²) in [4.78, 5) is 0. The van der Waals surface area contributed by atoms with Crippen molar-refractivity contribution in [2.45, 2.75) is 25.3 Å². The van der Waals surface area contributed by atoms with Gasteiger partial charge < -0.3 is 4.57 Å². The molecule has 0 saturated heterocycles. The molecular weight excluding hydrogens is 198 g/mol. The summed E-state index contributed by atoms with van der Waals surface area (Å²) in [5.74, 6) is 3.12. The zero-order valence-electron chi connectivity index (χ0n) is 9.00. The lowest BCUT2D eigenvalue weighted by atomic mass is 9.74. The van der Waals surface area contributed by atoms with E-state index in [-0.39, 0.29) is 0 Å². The van der Waals surface area contributed by atoms with Crippen LogP contribution in [0.25, 0.3) is 11.4 Å². The number of nitrogens with zero attached hydrogens (tertiary/aromatic N) is 3. The van der Waals surface area contributed by atoms with Crippen molar-refractivity contribution >= 4 is 0 Å². The molecule has 0 atom stereocenters. The lowest BCUT2D eigenvalue weighted by molar-refractivity contribution is 0.155. The van der Waals surface area contributed by atoms with Gasteiger partial charge in [-0.15, -0.1) is 10.2 Å². The topological polar surface area (TPSA) is 30.7 Å². The molecule has 3 aliphatic rings. The van der Waals surface area contributed by atoms with E-state index in [2.05, 4.69) is 39.0 Å². The van der Waals surface area contributed by atoms with Gasteiger partial charge in [-0.2, -0.15) is 0 Å². The highest BCUT2D eigenvalue weighted by atomic mass is 15.3. The van der Waals surface area contributed by atoms with Crippen molar-refractivity contribution in [1.29, 1.82) is 0 Å². The Bertz CT molecular complexity index is 523. The summed E-state index contributed by atoms with van der Waals surface area (Å²) < 4.78 is 2.36. The highest BCUT2D eigenvalue weighted by molar-refractivity contribution is 5.55. The average Bonchev–Trinajstić information content (AvgIpc) is 2.73. The molecule has 3 nitrogen and oxygen atoms in total. The van der Waals surface area contributed by atoms with Crippen LogP contribution in [0.3, 0.4) is 0 Å². The summed E-state index contributed by atoms with van der Waals surface area (Å²) >= 11 is 0. The predicted octanol–water partition coefficient (Wildman–Crippen LogP) is 2.45. The summed E-state index contributed by atoms with van der Waals surface area (Å²) in [6.45, 7) is 0. The Morgan fingerprint density at radius 2 is 1.88 bits per heavy atom. The predicted molar refractivity (Wildman–Crippen MR) is 60.9 cm³/mol. The highest BCUT2D eigenvalue weighted by Gasteiger charge is 2.39. The maximum Gasteiger partial charge on any atom is 0.164 e. The lowest BCUT2D eigenvalue weighted by Crippen LogP contribution is -2.36. The number of aromatic nitrogens is 3. The molecular formula is C13H13N3. The van der Waals surface area contributed by atoms with Crippen molar-refractivity contribution in [3.05, 3.63) is 36.2 Å². The fourth-order valence-corrected chi connectivity index (χ4v) is 2.97. The minimum Gasteiger partial charge on any atom is -0.308 e. The van der Waals surface area contributed by atoms with Gasteiger partial charge in [0.05, 0.1) is 0 Å². The first kappa shape index (κ1) is 8.50. The summed E-state index contributed by atoms with van der Waals surface area (Å²) in [6, 6.07) is 11.0. The van der Waals surface area contributed by atoms with Crippen LogP contribution in [0.1, 0.15) is 24.7 Å². The van der Waals surface area contributed by atoms with E-state index in [1.165, 1.54) is 24.2 Å². The van der Waals surface area contributed by atoms with E-state index < -0.39 is 0 Å². The van der Waals surface area contributed by atoms with Gasteiger partial charge in [-0.05, 0) is 18.8 Å². The van der Waals surface area contributed by atoms with Crippen molar-refractivity contribution in [3.8, 4) is 11.4 Å². The van der Waals surface area contributed by atoms with Crippen LogP contribution >= 0.6 is 0 Å². The smallest absolute Gasteiger partial charge is 0.164 e. The van der Waals surface area contributed by atoms with Crippen LogP contribution in [-0.2, 0) is 6.42 Å². The molecule has 0 amide bonds. The van der Waals surface area contributed by atoms with E-state index in [0.717, 1.165) is 18.2 Å². The third-order valence-electron chi connectivity index (χ3n) is 3.85. The second kappa shape index (κ2) is 2.94. The second-order valence-electron chi connectivity index (χ2n) is 4.87. The Morgan fingerprint density at radius 1 is 1.06 bits per heavy atom. The van der Waals surface area contributed by atoms with Crippen LogP contribution in [0.2, 0.25) is 0 Å². The molecule has 1 aromatic heterocycles. The van der Waals surface area contributed by atoms with Crippen molar-refractivity contribution in [3.63, 3.8) is 0 Å². The Kier molecular flexibility index (Phi) is 1.56. The molecule has 2 aromatic rings. The zero-order valence-corrected chi connectivity index (χ0v) is 9.00. The summed E-state index contributed by atoms with van der Waals surface area (Å²) in [5.41, 5.74) is 1.19. The molecule has 2 aliphatic heterocycles. The molecule has 3 heterocycles. The van der Waals surface area contributed by atoms with E-state index in [1.807, 2.05) is 6.07 Å². The molecule has 2 bridgehead atoms. The van der Waals surface area contributed by atoms with Gasteiger partial charge >= 0.3 is 0 Å². The molecule has 0 unspecified atom stereocenters. The van der Waals surface area contributed by atoms with E-state index >= 15 is 0 Å². The monoisotopic (exact) mass is 211 g/mol. The number of hydrogen-bond acceptors (Lipinski definition) is 2. The van der Waals surface area contributed by atoms with Crippen molar-refractivity contribution < 1.29 is 0 Å². The van der Waals surface area contributed by atoms with Gasteiger partial charge in [-0.1, -0.05) is 30.3 Å². The largest absolute Gasteiger partial charge is 0.308 e. The van der Waals surface area contributed by atoms with Gasteiger partial charge in [0.25, 0.3) is 0 Å². The minimum atomic E-state index is 0.666. The fraction of sp³-hybridized carbons (Fsp3) is 0.385. The Labute approximate surface area is 94.1 Å². The number of rotatable bonds is 1. The lowest BCUT2D eigenvalue weighted by Gasteiger charge is -2.42. The zero-order chi connectivity index (χ0) is 10.5. The molecule has 1 fully saturated rings.